The van der Waals surface area contributed by atoms with E-state index in [1.54, 1.807) is 25.3 Å². The van der Waals surface area contributed by atoms with Gasteiger partial charge in [0.25, 0.3) is 0 Å². The van der Waals surface area contributed by atoms with E-state index < -0.39 is 0 Å². The van der Waals surface area contributed by atoms with Crippen LogP contribution >= 0.6 is 15.9 Å². The van der Waals surface area contributed by atoms with Crippen molar-refractivity contribution in [2.45, 2.75) is 6.61 Å². The zero-order chi connectivity index (χ0) is 13.7. The Labute approximate surface area is 120 Å². The summed E-state index contributed by atoms with van der Waals surface area (Å²) in [6, 6.07) is 13.0. The predicted octanol–water partition coefficient (Wildman–Crippen LogP) is 3.85. The Morgan fingerprint density at radius 2 is 1.89 bits per heavy atom. The Kier molecular flexibility index (Phi) is 4.58. The standard InChI is InChI=1S/C15H13BrO3/c1-18-14-6-7-15(12(8-14)9-17)19-10-11-2-4-13(16)5-3-11/h2-9H,10H2,1H3. The molecule has 0 radical (unpaired) electrons. The van der Waals surface area contributed by atoms with E-state index in [4.69, 9.17) is 9.47 Å². The molecule has 0 aliphatic heterocycles. The lowest BCUT2D eigenvalue weighted by atomic mass is 10.2. The number of hydrogen-bond donors (Lipinski definition) is 0. The van der Waals surface area contributed by atoms with Gasteiger partial charge in [0.15, 0.2) is 6.29 Å². The van der Waals surface area contributed by atoms with Gasteiger partial charge in [-0.05, 0) is 35.9 Å². The molecular weight excluding hydrogens is 308 g/mol. The van der Waals surface area contributed by atoms with Crippen molar-refractivity contribution >= 4 is 22.2 Å². The number of carbonyl (C=O) groups excluding carboxylic acids is 1. The fourth-order valence-electron chi connectivity index (χ4n) is 1.62. The third kappa shape index (κ3) is 3.58. The zero-order valence-corrected chi connectivity index (χ0v) is 12.0. The number of hydrogen-bond acceptors (Lipinski definition) is 3. The molecule has 19 heavy (non-hydrogen) atoms. The van der Waals surface area contributed by atoms with Gasteiger partial charge in [-0.2, -0.15) is 0 Å². The molecule has 4 heteroatoms. The summed E-state index contributed by atoms with van der Waals surface area (Å²) < 4.78 is 11.7. The summed E-state index contributed by atoms with van der Waals surface area (Å²) in [4.78, 5) is 11.0. The molecule has 0 bridgehead atoms. The van der Waals surface area contributed by atoms with Gasteiger partial charge in [0.1, 0.15) is 18.1 Å². The van der Waals surface area contributed by atoms with Crippen molar-refractivity contribution in [2.24, 2.45) is 0 Å². The van der Waals surface area contributed by atoms with Gasteiger partial charge in [0.05, 0.1) is 12.7 Å². The number of halogens is 1. The minimum Gasteiger partial charge on any atom is -0.497 e. The SMILES string of the molecule is COc1ccc(OCc2ccc(Br)cc2)c(C=O)c1. The van der Waals surface area contributed by atoms with Crippen molar-refractivity contribution in [3.8, 4) is 11.5 Å². The van der Waals surface area contributed by atoms with Crippen LogP contribution in [0.2, 0.25) is 0 Å². The van der Waals surface area contributed by atoms with Gasteiger partial charge < -0.3 is 9.47 Å². The van der Waals surface area contributed by atoms with Crippen LogP contribution in [0.1, 0.15) is 15.9 Å². The number of aldehydes is 1. The smallest absolute Gasteiger partial charge is 0.153 e. The fourth-order valence-corrected chi connectivity index (χ4v) is 1.88. The molecule has 0 amide bonds. The van der Waals surface area contributed by atoms with Gasteiger partial charge in [-0.3, -0.25) is 4.79 Å². The number of benzene rings is 2. The highest BCUT2D eigenvalue weighted by Gasteiger charge is 2.05. The molecule has 0 heterocycles. The lowest BCUT2D eigenvalue weighted by Gasteiger charge is -2.10. The van der Waals surface area contributed by atoms with E-state index in [9.17, 15) is 4.79 Å². The van der Waals surface area contributed by atoms with Crippen LogP contribution in [0.4, 0.5) is 0 Å². The second kappa shape index (κ2) is 6.38. The molecular formula is C15H13BrO3. The van der Waals surface area contributed by atoms with E-state index in [0.29, 0.717) is 23.7 Å². The first-order chi connectivity index (χ1) is 9.22. The summed E-state index contributed by atoms with van der Waals surface area (Å²) >= 11 is 3.38. The lowest BCUT2D eigenvalue weighted by Crippen LogP contribution is -1.98. The third-order valence-corrected chi connectivity index (χ3v) is 3.18. The Balaban J connectivity index is 2.10. The van der Waals surface area contributed by atoms with E-state index in [1.807, 2.05) is 24.3 Å². The van der Waals surface area contributed by atoms with Crippen LogP contribution in [0.5, 0.6) is 11.5 Å². The molecule has 0 N–H and O–H groups in total. The monoisotopic (exact) mass is 320 g/mol. The summed E-state index contributed by atoms with van der Waals surface area (Å²) in [6.07, 6.45) is 0.763. The minimum atomic E-state index is 0.417. The summed E-state index contributed by atoms with van der Waals surface area (Å²) in [7, 11) is 1.56. The molecule has 2 rings (SSSR count). The van der Waals surface area contributed by atoms with E-state index >= 15 is 0 Å². The van der Waals surface area contributed by atoms with E-state index in [0.717, 1.165) is 16.3 Å². The number of ether oxygens (including phenoxy) is 2. The van der Waals surface area contributed by atoms with Crippen LogP contribution < -0.4 is 9.47 Å². The summed E-state index contributed by atoms with van der Waals surface area (Å²) in [5.41, 5.74) is 1.52. The van der Waals surface area contributed by atoms with Crippen LogP contribution in [0.15, 0.2) is 46.9 Å². The van der Waals surface area contributed by atoms with Crippen molar-refractivity contribution < 1.29 is 14.3 Å². The zero-order valence-electron chi connectivity index (χ0n) is 10.4. The molecule has 0 unspecified atom stereocenters. The highest BCUT2D eigenvalue weighted by Crippen LogP contribution is 2.23. The Morgan fingerprint density at radius 1 is 1.16 bits per heavy atom. The van der Waals surface area contributed by atoms with E-state index in [2.05, 4.69) is 15.9 Å². The molecule has 0 atom stereocenters. The second-order valence-electron chi connectivity index (χ2n) is 3.94. The van der Waals surface area contributed by atoms with Gasteiger partial charge in [0.2, 0.25) is 0 Å². The number of methoxy groups -OCH3 is 1. The fraction of sp³-hybridized carbons (Fsp3) is 0.133. The first kappa shape index (κ1) is 13.6. The minimum absolute atomic E-state index is 0.417. The highest BCUT2D eigenvalue weighted by atomic mass is 79.9. The maximum absolute atomic E-state index is 11.0. The molecule has 98 valence electrons. The molecule has 2 aromatic carbocycles. The molecule has 0 aliphatic carbocycles. The number of carbonyl (C=O) groups is 1. The van der Waals surface area contributed by atoms with Crippen LogP contribution in [0.25, 0.3) is 0 Å². The van der Waals surface area contributed by atoms with Crippen molar-refractivity contribution in [2.75, 3.05) is 7.11 Å². The van der Waals surface area contributed by atoms with Crippen LogP contribution in [-0.2, 0) is 6.61 Å². The van der Waals surface area contributed by atoms with Crippen molar-refractivity contribution in [1.82, 2.24) is 0 Å². The molecule has 0 fully saturated rings. The normalized spacial score (nSPS) is 10.0. The maximum atomic E-state index is 11.0. The maximum Gasteiger partial charge on any atom is 0.153 e. The molecule has 0 saturated heterocycles. The van der Waals surface area contributed by atoms with Gasteiger partial charge in [-0.25, -0.2) is 0 Å². The summed E-state index contributed by atoms with van der Waals surface area (Å²) in [5.74, 6) is 1.19. The molecule has 0 saturated carbocycles. The van der Waals surface area contributed by atoms with Crippen LogP contribution in [0, 0.1) is 0 Å². The Bertz CT molecular complexity index is 564. The average Bonchev–Trinajstić information content (AvgIpc) is 2.46. The van der Waals surface area contributed by atoms with Gasteiger partial charge >= 0.3 is 0 Å². The first-order valence-electron chi connectivity index (χ1n) is 5.73. The quantitative estimate of drug-likeness (QED) is 0.785. The highest BCUT2D eigenvalue weighted by molar-refractivity contribution is 9.10. The lowest BCUT2D eigenvalue weighted by molar-refractivity contribution is 0.111. The summed E-state index contributed by atoms with van der Waals surface area (Å²) in [5, 5.41) is 0. The third-order valence-electron chi connectivity index (χ3n) is 2.65. The van der Waals surface area contributed by atoms with Crippen molar-refractivity contribution in [1.29, 1.82) is 0 Å². The molecule has 3 nitrogen and oxygen atoms in total. The molecule has 0 aromatic heterocycles. The first-order valence-corrected chi connectivity index (χ1v) is 6.52. The molecule has 2 aromatic rings. The van der Waals surface area contributed by atoms with Gasteiger partial charge in [-0.1, -0.05) is 28.1 Å². The van der Waals surface area contributed by atoms with Crippen LogP contribution in [0.3, 0.4) is 0 Å². The van der Waals surface area contributed by atoms with Gasteiger partial charge in [-0.15, -0.1) is 0 Å². The van der Waals surface area contributed by atoms with Crippen LogP contribution in [-0.4, -0.2) is 13.4 Å². The molecule has 0 aliphatic rings. The second-order valence-corrected chi connectivity index (χ2v) is 4.85. The van der Waals surface area contributed by atoms with Crippen molar-refractivity contribution in [3.05, 3.63) is 58.1 Å². The summed E-state index contributed by atoms with van der Waals surface area (Å²) in [6.45, 7) is 0.417. The van der Waals surface area contributed by atoms with E-state index in [1.165, 1.54) is 0 Å². The Hall–Kier alpha value is -1.81. The molecule has 0 spiro atoms. The largest absolute Gasteiger partial charge is 0.497 e. The predicted molar refractivity (Wildman–Crippen MR) is 76.9 cm³/mol. The number of rotatable bonds is 5. The van der Waals surface area contributed by atoms with Gasteiger partial charge in [0, 0.05) is 4.47 Å². The van der Waals surface area contributed by atoms with E-state index in [-0.39, 0.29) is 0 Å². The topological polar surface area (TPSA) is 35.5 Å². The average molecular weight is 321 g/mol. The van der Waals surface area contributed by atoms with Crippen molar-refractivity contribution in [3.63, 3.8) is 0 Å². The Morgan fingerprint density at radius 3 is 2.53 bits per heavy atom.